The predicted molar refractivity (Wildman–Crippen MR) is 112 cm³/mol. The molecule has 0 saturated carbocycles. The highest BCUT2D eigenvalue weighted by molar-refractivity contribution is 7.13. The molecule has 0 bridgehead atoms. The Hall–Kier alpha value is -3.25. The molecule has 0 aliphatic heterocycles. The summed E-state index contributed by atoms with van der Waals surface area (Å²) in [7, 11) is 0. The topological polar surface area (TPSA) is 73.8 Å². The molecule has 2 N–H and O–H groups in total. The molecule has 0 aliphatic rings. The lowest BCUT2D eigenvalue weighted by Gasteiger charge is -2.11. The number of nitrogens with two attached hydrogens (primary N) is 1. The first kappa shape index (κ1) is 18.1. The lowest BCUT2D eigenvalue weighted by Crippen LogP contribution is -2.12. The Morgan fingerprint density at radius 3 is 2.64 bits per heavy atom. The Morgan fingerprint density at radius 1 is 1.18 bits per heavy atom. The average Bonchev–Trinajstić information content (AvgIpc) is 3.30. The van der Waals surface area contributed by atoms with Crippen molar-refractivity contribution in [2.24, 2.45) is 5.73 Å². The normalized spacial score (nSPS) is 10.9. The van der Waals surface area contributed by atoms with Crippen LogP contribution < -0.4 is 5.73 Å². The summed E-state index contributed by atoms with van der Waals surface area (Å²) in [6, 6.07) is 14.1. The van der Waals surface area contributed by atoms with Crippen LogP contribution in [0.25, 0.3) is 22.0 Å². The van der Waals surface area contributed by atoms with Gasteiger partial charge in [0.2, 0.25) is 0 Å². The van der Waals surface area contributed by atoms with E-state index >= 15 is 0 Å². The van der Waals surface area contributed by atoms with E-state index in [9.17, 15) is 4.79 Å². The van der Waals surface area contributed by atoms with E-state index in [-0.39, 0.29) is 0 Å². The van der Waals surface area contributed by atoms with Crippen LogP contribution in [0, 0.1) is 13.8 Å². The molecule has 4 rings (SSSR count). The number of benzene rings is 1. The number of pyridine rings is 1. The Morgan fingerprint density at radius 2 is 1.96 bits per heavy atom. The summed E-state index contributed by atoms with van der Waals surface area (Å²) in [6.07, 6.45) is 3.54. The first-order valence-electron chi connectivity index (χ1n) is 8.94. The number of hydrogen-bond acceptors (Lipinski definition) is 4. The standard InChI is InChI=1S/C22H20N4OS/c1-14-5-7-16(8-6-14)12-26-15(2)18(21(23)27)10-20(26)19-13-28-22(25-19)17-4-3-9-24-11-17/h3-11,13H,12H2,1-2H3,(H2,23,27). The van der Waals surface area contributed by atoms with E-state index < -0.39 is 5.91 Å². The van der Waals surface area contributed by atoms with Gasteiger partial charge in [0.25, 0.3) is 5.91 Å². The van der Waals surface area contributed by atoms with Crippen LogP contribution in [-0.4, -0.2) is 20.4 Å². The molecule has 0 spiro atoms. The molecule has 3 heterocycles. The fraction of sp³-hybridized carbons (Fsp3) is 0.136. The number of thiazole rings is 1. The molecule has 0 aliphatic carbocycles. The van der Waals surface area contributed by atoms with Crippen molar-refractivity contribution < 1.29 is 4.79 Å². The summed E-state index contributed by atoms with van der Waals surface area (Å²) in [4.78, 5) is 20.9. The molecule has 140 valence electrons. The van der Waals surface area contributed by atoms with Gasteiger partial charge >= 0.3 is 0 Å². The molecule has 0 radical (unpaired) electrons. The van der Waals surface area contributed by atoms with Crippen LogP contribution in [0.5, 0.6) is 0 Å². The fourth-order valence-electron chi connectivity index (χ4n) is 3.20. The van der Waals surface area contributed by atoms with Crippen LogP contribution in [0.2, 0.25) is 0 Å². The number of aromatic nitrogens is 3. The van der Waals surface area contributed by atoms with E-state index in [2.05, 4.69) is 40.7 Å². The monoisotopic (exact) mass is 388 g/mol. The maximum atomic E-state index is 11.9. The second-order valence-electron chi connectivity index (χ2n) is 6.74. The van der Waals surface area contributed by atoms with Gasteiger partial charge in [-0.1, -0.05) is 29.8 Å². The molecule has 0 saturated heterocycles. The summed E-state index contributed by atoms with van der Waals surface area (Å²) < 4.78 is 2.10. The highest BCUT2D eigenvalue weighted by atomic mass is 32.1. The molecule has 0 fully saturated rings. The number of hydrogen-bond donors (Lipinski definition) is 1. The Bertz CT molecular complexity index is 1130. The van der Waals surface area contributed by atoms with Gasteiger partial charge in [0.1, 0.15) is 5.01 Å². The third kappa shape index (κ3) is 3.46. The molecule has 28 heavy (non-hydrogen) atoms. The minimum atomic E-state index is -0.427. The minimum Gasteiger partial charge on any atom is -0.366 e. The largest absolute Gasteiger partial charge is 0.366 e. The van der Waals surface area contributed by atoms with Crippen LogP contribution in [0.4, 0.5) is 0 Å². The molecular weight excluding hydrogens is 368 g/mol. The van der Waals surface area contributed by atoms with Gasteiger partial charge in [0.05, 0.1) is 17.0 Å². The number of aryl methyl sites for hydroxylation is 1. The summed E-state index contributed by atoms with van der Waals surface area (Å²) in [5.41, 5.74) is 12.0. The van der Waals surface area contributed by atoms with Crippen molar-refractivity contribution >= 4 is 17.2 Å². The van der Waals surface area contributed by atoms with Gasteiger partial charge in [-0.3, -0.25) is 9.78 Å². The van der Waals surface area contributed by atoms with Gasteiger partial charge in [0.15, 0.2) is 0 Å². The average molecular weight is 388 g/mol. The van der Waals surface area contributed by atoms with E-state index in [1.165, 1.54) is 5.56 Å². The van der Waals surface area contributed by atoms with Crippen molar-refractivity contribution in [2.75, 3.05) is 0 Å². The van der Waals surface area contributed by atoms with Gasteiger partial charge in [-0.05, 0) is 37.6 Å². The van der Waals surface area contributed by atoms with E-state index in [4.69, 9.17) is 10.7 Å². The number of nitrogens with zero attached hydrogens (tertiary/aromatic N) is 3. The summed E-state index contributed by atoms with van der Waals surface area (Å²) in [5, 5.41) is 2.90. The first-order chi connectivity index (χ1) is 13.5. The van der Waals surface area contributed by atoms with Crippen LogP contribution in [0.15, 0.2) is 60.2 Å². The minimum absolute atomic E-state index is 0.427. The predicted octanol–water partition coefficient (Wildman–Crippen LogP) is 4.44. The molecule has 6 heteroatoms. The zero-order chi connectivity index (χ0) is 19.7. The Labute approximate surface area is 167 Å². The second-order valence-corrected chi connectivity index (χ2v) is 7.60. The number of carbonyl (C=O) groups excluding carboxylic acids is 1. The van der Waals surface area contributed by atoms with E-state index in [0.29, 0.717) is 12.1 Å². The number of carbonyl (C=O) groups is 1. The lowest BCUT2D eigenvalue weighted by atomic mass is 10.1. The molecule has 4 aromatic rings. The molecule has 5 nitrogen and oxygen atoms in total. The molecule has 0 atom stereocenters. The maximum Gasteiger partial charge on any atom is 0.250 e. The van der Waals surface area contributed by atoms with Crippen LogP contribution in [-0.2, 0) is 6.54 Å². The van der Waals surface area contributed by atoms with Gasteiger partial charge in [-0.2, -0.15) is 0 Å². The fourth-order valence-corrected chi connectivity index (χ4v) is 4.00. The Kier molecular flexibility index (Phi) is 4.79. The third-order valence-electron chi connectivity index (χ3n) is 4.77. The van der Waals surface area contributed by atoms with Crippen molar-refractivity contribution in [1.29, 1.82) is 0 Å². The molecule has 0 unspecified atom stereocenters. The first-order valence-corrected chi connectivity index (χ1v) is 9.82. The van der Waals surface area contributed by atoms with Gasteiger partial charge in [-0.15, -0.1) is 11.3 Å². The molecule has 1 aromatic carbocycles. The van der Waals surface area contributed by atoms with Crippen molar-refractivity contribution in [3.05, 3.63) is 82.6 Å². The zero-order valence-electron chi connectivity index (χ0n) is 15.7. The van der Waals surface area contributed by atoms with Crippen molar-refractivity contribution in [2.45, 2.75) is 20.4 Å². The van der Waals surface area contributed by atoms with Crippen LogP contribution >= 0.6 is 11.3 Å². The highest BCUT2D eigenvalue weighted by Gasteiger charge is 2.19. The van der Waals surface area contributed by atoms with Crippen molar-refractivity contribution in [3.63, 3.8) is 0 Å². The van der Waals surface area contributed by atoms with E-state index in [1.807, 2.05) is 30.5 Å². The summed E-state index contributed by atoms with van der Waals surface area (Å²) in [6.45, 7) is 4.64. The van der Waals surface area contributed by atoms with Crippen molar-refractivity contribution in [1.82, 2.24) is 14.5 Å². The quantitative estimate of drug-likeness (QED) is 0.549. The van der Waals surface area contributed by atoms with Gasteiger partial charge < -0.3 is 10.3 Å². The number of amides is 1. The molecule has 1 amide bonds. The van der Waals surface area contributed by atoms with Crippen molar-refractivity contribution in [3.8, 4) is 22.0 Å². The van der Waals surface area contributed by atoms with Gasteiger partial charge in [0, 0.05) is 35.6 Å². The Balaban J connectivity index is 1.78. The molecule has 3 aromatic heterocycles. The highest BCUT2D eigenvalue weighted by Crippen LogP contribution is 2.31. The zero-order valence-corrected chi connectivity index (χ0v) is 16.5. The SMILES string of the molecule is Cc1ccc(Cn2c(-c3csc(-c4cccnc4)n3)cc(C(N)=O)c2C)cc1. The summed E-state index contributed by atoms with van der Waals surface area (Å²) in [5.74, 6) is -0.427. The van der Waals surface area contributed by atoms with Gasteiger partial charge in [-0.25, -0.2) is 4.98 Å². The number of rotatable bonds is 5. The smallest absolute Gasteiger partial charge is 0.250 e. The maximum absolute atomic E-state index is 11.9. The van der Waals surface area contributed by atoms with E-state index in [1.54, 1.807) is 23.7 Å². The summed E-state index contributed by atoms with van der Waals surface area (Å²) >= 11 is 1.56. The van der Waals surface area contributed by atoms with E-state index in [0.717, 1.165) is 33.2 Å². The molecular formula is C22H20N4OS. The van der Waals surface area contributed by atoms with Crippen LogP contribution in [0.1, 0.15) is 27.2 Å². The number of primary amides is 1. The lowest BCUT2D eigenvalue weighted by molar-refractivity contribution is 0.0999. The second kappa shape index (κ2) is 7.40. The van der Waals surface area contributed by atoms with Crippen LogP contribution in [0.3, 0.4) is 0 Å². The third-order valence-corrected chi connectivity index (χ3v) is 5.66.